The Bertz CT molecular complexity index is 1060. The van der Waals surface area contributed by atoms with Gasteiger partial charge in [-0.05, 0) is 70.1 Å². The summed E-state index contributed by atoms with van der Waals surface area (Å²) in [5, 5.41) is 3.54. The van der Waals surface area contributed by atoms with Gasteiger partial charge in [-0.1, -0.05) is 11.6 Å². The van der Waals surface area contributed by atoms with E-state index in [1.165, 1.54) is 17.8 Å². The Morgan fingerprint density at radius 1 is 1.26 bits per heavy atom. The van der Waals surface area contributed by atoms with Gasteiger partial charge in [0.15, 0.2) is 5.75 Å². The van der Waals surface area contributed by atoms with E-state index < -0.39 is 23.7 Å². The lowest BCUT2D eigenvalue weighted by Gasteiger charge is -2.23. The van der Waals surface area contributed by atoms with Gasteiger partial charge in [0.2, 0.25) is 0 Å². The summed E-state index contributed by atoms with van der Waals surface area (Å²) in [5.74, 6) is 0.0206. The molecule has 1 aromatic carbocycles. The number of aryl methyl sites for hydroxylation is 1. The van der Waals surface area contributed by atoms with Gasteiger partial charge < -0.3 is 19.2 Å². The van der Waals surface area contributed by atoms with E-state index in [9.17, 15) is 14.4 Å². The number of benzene rings is 1. The van der Waals surface area contributed by atoms with E-state index in [0.29, 0.717) is 29.7 Å². The number of esters is 1. The minimum atomic E-state index is -0.916. The number of hydrogen-bond acceptors (Lipinski definition) is 7. The van der Waals surface area contributed by atoms with Crippen LogP contribution in [0.1, 0.15) is 44.7 Å². The third kappa shape index (κ3) is 5.74. The third-order valence-electron chi connectivity index (χ3n) is 4.82. The first-order valence-electron chi connectivity index (χ1n) is 10.1. The van der Waals surface area contributed by atoms with Crippen molar-refractivity contribution in [3.05, 3.63) is 38.7 Å². The molecule has 1 aliphatic rings. The van der Waals surface area contributed by atoms with Crippen molar-refractivity contribution in [3.8, 4) is 5.75 Å². The number of carbonyl (C=O) groups excluding carboxylic acids is 2. The van der Waals surface area contributed by atoms with Crippen molar-refractivity contribution in [2.75, 3.05) is 12.0 Å². The Hall–Kier alpha value is -2.19. The fraction of sp³-hybridized carbons (Fsp3) is 0.500. The summed E-state index contributed by atoms with van der Waals surface area (Å²) in [6.07, 6.45) is 3.91. The number of alkyl carbamates (subject to hydrolysis) is 1. The average molecular weight is 468 g/mol. The lowest BCUT2D eigenvalue weighted by Crippen LogP contribution is -2.45. The Kier molecular flexibility index (Phi) is 7.21. The molecule has 1 amide bonds. The standard InChI is InChI=1S/C22H26ClNO6S/c1-22(2,3)30-21(27)24-16(8-9-31-4)20(26)29-18-11-17-14(10-15(18)23)12-6-5-7-13(12)19(25)28-17/h10-11,16H,5-9H2,1-4H3,(H,24,27)/t16-/m1/s1. The monoisotopic (exact) mass is 467 g/mol. The first-order chi connectivity index (χ1) is 14.6. The molecule has 1 heterocycles. The van der Waals surface area contributed by atoms with Crippen molar-refractivity contribution in [2.45, 2.75) is 58.1 Å². The zero-order valence-corrected chi connectivity index (χ0v) is 19.6. The molecule has 0 radical (unpaired) electrons. The van der Waals surface area contributed by atoms with Crippen LogP contribution in [0.2, 0.25) is 5.02 Å². The smallest absolute Gasteiger partial charge is 0.408 e. The predicted molar refractivity (Wildman–Crippen MR) is 121 cm³/mol. The van der Waals surface area contributed by atoms with E-state index in [0.717, 1.165) is 23.8 Å². The second kappa shape index (κ2) is 9.53. The van der Waals surface area contributed by atoms with E-state index in [4.69, 9.17) is 25.5 Å². The zero-order chi connectivity index (χ0) is 22.8. The lowest BCUT2D eigenvalue weighted by atomic mass is 10.1. The summed E-state index contributed by atoms with van der Waals surface area (Å²) >= 11 is 7.91. The highest BCUT2D eigenvalue weighted by Gasteiger charge is 2.27. The van der Waals surface area contributed by atoms with E-state index in [2.05, 4.69) is 5.32 Å². The molecule has 31 heavy (non-hydrogen) atoms. The Morgan fingerprint density at radius 3 is 2.65 bits per heavy atom. The Labute approximate surface area is 189 Å². The summed E-state index contributed by atoms with van der Waals surface area (Å²) < 4.78 is 16.2. The Balaban J connectivity index is 1.83. The number of rotatable bonds is 6. The van der Waals surface area contributed by atoms with Gasteiger partial charge in [0, 0.05) is 17.0 Å². The molecule has 9 heteroatoms. The van der Waals surface area contributed by atoms with Crippen molar-refractivity contribution in [1.29, 1.82) is 0 Å². The van der Waals surface area contributed by atoms with E-state index >= 15 is 0 Å². The van der Waals surface area contributed by atoms with Crippen LogP contribution in [0.5, 0.6) is 5.75 Å². The summed E-state index contributed by atoms with van der Waals surface area (Å²) in [7, 11) is 0. The summed E-state index contributed by atoms with van der Waals surface area (Å²) in [6, 6.07) is 2.19. The minimum absolute atomic E-state index is 0.0698. The van der Waals surface area contributed by atoms with Crippen molar-refractivity contribution >= 4 is 46.4 Å². The molecule has 1 aliphatic carbocycles. The maximum atomic E-state index is 12.8. The number of fused-ring (bicyclic) bond motifs is 3. The molecule has 1 N–H and O–H groups in total. The molecule has 0 bridgehead atoms. The molecule has 0 saturated carbocycles. The first kappa shape index (κ1) is 23.5. The second-order valence-corrected chi connectivity index (χ2v) is 9.77. The van der Waals surface area contributed by atoms with Crippen LogP contribution < -0.4 is 15.7 Å². The molecule has 7 nitrogen and oxygen atoms in total. The van der Waals surface area contributed by atoms with Crippen LogP contribution in [0.4, 0.5) is 4.79 Å². The summed E-state index contributed by atoms with van der Waals surface area (Å²) in [6.45, 7) is 5.21. The number of thioether (sulfide) groups is 1. The molecule has 0 aliphatic heterocycles. The molecule has 1 atom stereocenters. The third-order valence-corrected chi connectivity index (χ3v) is 5.76. The molecule has 0 unspecified atom stereocenters. The van der Waals surface area contributed by atoms with E-state index in [-0.39, 0.29) is 16.4 Å². The van der Waals surface area contributed by atoms with Crippen LogP contribution >= 0.6 is 23.4 Å². The average Bonchev–Trinajstić information content (AvgIpc) is 3.16. The van der Waals surface area contributed by atoms with Crippen molar-refractivity contribution in [2.24, 2.45) is 0 Å². The van der Waals surface area contributed by atoms with Gasteiger partial charge in [-0.25, -0.2) is 14.4 Å². The highest BCUT2D eigenvalue weighted by atomic mass is 35.5. The first-order valence-corrected chi connectivity index (χ1v) is 11.8. The number of carbonyl (C=O) groups is 2. The van der Waals surface area contributed by atoms with Gasteiger partial charge in [-0.2, -0.15) is 11.8 Å². The van der Waals surface area contributed by atoms with Gasteiger partial charge in [0.25, 0.3) is 0 Å². The fourth-order valence-corrected chi connectivity index (χ4v) is 4.15. The summed E-state index contributed by atoms with van der Waals surface area (Å²) in [4.78, 5) is 37.2. The maximum absolute atomic E-state index is 12.8. The molecular formula is C22H26ClNO6S. The number of nitrogens with one attached hydrogen (secondary N) is 1. The molecule has 3 rings (SSSR count). The number of hydrogen-bond donors (Lipinski definition) is 1. The molecule has 168 valence electrons. The van der Waals surface area contributed by atoms with Crippen molar-refractivity contribution < 1.29 is 23.5 Å². The Morgan fingerprint density at radius 2 is 1.97 bits per heavy atom. The van der Waals surface area contributed by atoms with Crippen LogP contribution in [0.15, 0.2) is 21.3 Å². The molecule has 2 aromatic rings. The maximum Gasteiger partial charge on any atom is 0.408 e. The van der Waals surface area contributed by atoms with Crippen LogP contribution in [0.3, 0.4) is 0 Å². The zero-order valence-electron chi connectivity index (χ0n) is 18.0. The molecule has 0 fully saturated rings. The highest BCUT2D eigenvalue weighted by molar-refractivity contribution is 7.98. The SMILES string of the molecule is CSCC[C@@H](NC(=O)OC(C)(C)C)C(=O)Oc1cc2oc(=O)c3c(c2cc1Cl)CCC3. The molecule has 0 saturated heterocycles. The van der Waals surface area contributed by atoms with Gasteiger partial charge in [-0.3, -0.25) is 0 Å². The highest BCUT2D eigenvalue weighted by Crippen LogP contribution is 2.35. The number of ether oxygens (including phenoxy) is 2. The van der Waals surface area contributed by atoms with Gasteiger partial charge in [-0.15, -0.1) is 0 Å². The molecular weight excluding hydrogens is 442 g/mol. The van der Waals surface area contributed by atoms with Crippen LogP contribution in [0.25, 0.3) is 11.0 Å². The quantitative estimate of drug-likeness (QED) is 0.380. The lowest BCUT2D eigenvalue weighted by molar-refractivity contribution is -0.136. The minimum Gasteiger partial charge on any atom is -0.444 e. The van der Waals surface area contributed by atoms with Crippen molar-refractivity contribution in [1.82, 2.24) is 5.32 Å². The number of amides is 1. The van der Waals surface area contributed by atoms with Gasteiger partial charge in [0.1, 0.15) is 17.2 Å². The van der Waals surface area contributed by atoms with Crippen LogP contribution in [-0.2, 0) is 22.4 Å². The number of halogens is 1. The summed E-state index contributed by atoms with van der Waals surface area (Å²) in [5.41, 5.74) is 0.877. The van der Waals surface area contributed by atoms with Crippen molar-refractivity contribution in [3.63, 3.8) is 0 Å². The largest absolute Gasteiger partial charge is 0.444 e. The molecule has 0 spiro atoms. The van der Waals surface area contributed by atoms with Crippen LogP contribution in [0, 0.1) is 0 Å². The molecule has 1 aromatic heterocycles. The van der Waals surface area contributed by atoms with E-state index in [1.807, 2.05) is 6.26 Å². The van der Waals surface area contributed by atoms with Gasteiger partial charge >= 0.3 is 17.7 Å². The normalized spacial score (nSPS) is 14.2. The predicted octanol–water partition coefficient (Wildman–Crippen LogP) is 4.49. The topological polar surface area (TPSA) is 94.8 Å². The van der Waals surface area contributed by atoms with Gasteiger partial charge in [0.05, 0.1) is 5.02 Å². The second-order valence-electron chi connectivity index (χ2n) is 8.38. The van der Waals surface area contributed by atoms with Crippen LogP contribution in [-0.4, -0.2) is 35.7 Å². The fourth-order valence-electron chi connectivity index (χ4n) is 3.47. The van der Waals surface area contributed by atoms with E-state index in [1.54, 1.807) is 26.8 Å².